The van der Waals surface area contributed by atoms with Gasteiger partial charge in [-0.2, -0.15) is 0 Å². The number of hydrogen-bond acceptors (Lipinski definition) is 3. The van der Waals surface area contributed by atoms with Crippen LogP contribution in [-0.4, -0.2) is 19.3 Å². The molecule has 1 atom stereocenters. The maximum Gasteiger partial charge on any atom is 0.128 e. The van der Waals surface area contributed by atoms with Crippen molar-refractivity contribution in [3.8, 4) is 11.5 Å². The minimum atomic E-state index is -0.469. The molecule has 118 valence electrons. The molecule has 0 aromatic heterocycles. The van der Waals surface area contributed by atoms with Crippen molar-refractivity contribution in [2.24, 2.45) is 11.3 Å². The van der Waals surface area contributed by atoms with Crippen LogP contribution in [0.2, 0.25) is 0 Å². The lowest BCUT2D eigenvalue weighted by atomic mass is 9.72. The zero-order chi connectivity index (χ0) is 15.5. The van der Waals surface area contributed by atoms with Gasteiger partial charge in [0.15, 0.2) is 0 Å². The highest BCUT2D eigenvalue weighted by atomic mass is 16.5. The van der Waals surface area contributed by atoms with Gasteiger partial charge in [0.2, 0.25) is 0 Å². The van der Waals surface area contributed by atoms with Gasteiger partial charge >= 0.3 is 0 Å². The van der Waals surface area contributed by atoms with Gasteiger partial charge in [0.05, 0.1) is 20.3 Å². The summed E-state index contributed by atoms with van der Waals surface area (Å²) in [5.74, 6) is 2.06. The standard InChI is InChI=1S/C18H28O3/c1-13(2)12-18(9-5-6-10-18)17(19)15-8-7-14(20-3)11-16(15)21-4/h7-8,11,13,17,19H,5-6,9-10,12H2,1-4H3. The fourth-order valence-corrected chi connectivity index (χ4v) is 3.86. The van der Waals surface area contributed by atoms with E-state index in [1.54, 1.807) is 14.2 Å². The topological polar surface area (TPSA) is 38.7 Å². The van der Waals surface area contributed by atoms with Crippen molar-refractivity contribution in [1.82, 2.24) is 0 Å². The van der Waals surface area contributed by atoms with Crippen LogP contribution in [0.25, 0.3) is 0 Å². The zero-order valence-electron chi connectivity index (χ0n) is 13.7. The minimum Gasteiger partial charge on any atom is -0.497 e. The molecule has 2 rings (SSSR count). The van der Waals surface area contributed by atoms with E-state index in [1.807, 2.05) is 18.2 Å². The molecule has 0 aliphatic heterocycles. The second-order valence-corrected chi connectivity index (χ2v) is 6.68. The molecule has 1 aromatic rings. The molecule has 1 fully saturated rings. The van der Waals surface area contributed by atoms with E-state index in [0.29, 0.717) is 5.92 Å². The summed E-state index contributed by atoms with van der Waals surface area (Å²) in [6.45, 7) is 4.47. The van der Waals surface area contributed by atoms with Crippen LogP contribution in [0.4, 0.5) is 0 Å². The number of benzene rings is 1. The van der Waals surface area contributed by atoms with Crippen molar-refractivity contribution in [3.05, 3.63) is 23.8 Å². The first-order chi connectivity index (χ1) is 10.0. The predicted octanol–water partition coefficient (Wildman–Crippen LogP) is 4.34. The van der Waals surface area contributed by atoms with Crippen LogP contribution in [-0.2, 0) is 0 Å². The van der Waals surface area contributed by atoms with E-state index >= 15 is 0 Å². The van der Waals surface area contributed by atoms with E-state index in [1.165, 1.54) is 12.8 Å². The Morgan fingerprint density at radius 1 is 1.14 bits per heavy atom. The molecule has 21 heavy (non-hydrogen) atoms. The summed E-state index contributed by atoms with van der Waals surface area (Å²) in [4.78, 5) is 0. The summed E-state index contributed by atoms with van der Waals surface area (Å²) in [6, 6.07) is 5.71. The number of methoxy groups -OCH3 is 2. The van der Waals surface area contributed by atoms with Gasteiger partial charge in [-0.05, 0) is 37.3 Å². The van der Waals surface area contributed by atoms with Crippen LogP contribution in [0.3, 0.4) is 0 Å². The van der Waals surface area contributed by atoms with Gasteiger partial charge in [-0.25, -0.2) is 0 Å². The molecule has 3 heteroatoms. The molecular weight excluding hydrogens is 264 g/mol. The minimum absolute atomic E-state index is 0.00393. The lowest BCUT2D eigenvalue weighted by Gasteiger charge is -2.36. The maximum absolute atomic E-state index is 11.1. The van der Waals surface area contributed by atoms with Crippen LogP contribution in [0.15, 0.2) is 18.2 Å². The van der Waals surface area contributed by atoms with E-state index in [9.17, 15) is 5.11 Å². The molecule has 1 aromatic carbocycles. The first-order valence-electron chi connectivity index (χ1n) is 7.92. The molecular formula is C18H28O3. The summed E-state index contributed by atoms with van der Waals surface area (Å²) >= 11 is 0. The van der Waals surface area contributed by atoms with Gasteiger partial charge in [-0.3, -0.25) is 0 Å². The molecule has 1 aliphatic carbocycles. The summed E-state index contributed by atoms with van der Waals surface area (Å²) in [7, 11) is 3.29. The Balaban J connectivity index is 2.34. The van der Waals surface area contributed by atoms with Crippen molar-refractivity contribution >= 4 is 0 Å². The number of hydrogen-bond donors (Lipinski definition) is 1. The number of rotatable bonds is 6. The molecule has 1 aliphatic rings. The Kier molecular flexibility index (Phi) is 5.15. The van der Waals surface area contributed by atoms with E-state index in [-0.39, 0.29) is 5.41 Å². The van der Waals surface area contributed by atoms with Crippen LogP contribution in [0.1, 0.15) is 57.6 Å². The Hall–Kier alpha value is -1.22. The van der Waals surface area contributed by atoms with Crippen molar-refractivity contribution in [2.75, 3.05) is 14.2 Å². The number of ether oxygens (including phenoxy) is 2. The third kappa shape index (κ3) is 3.34. The van der Waals surface area contributed by atoms with Crippen molar-refractivity contribution in [1.29, 1.82) is 0 Å². The summed E-state index contributed by atoms with van der Waals surface area (Å²) in [5.41, 5.74) is 0.886. The monoisotopic (exact) mass is 292 g/mol. The lowest BCUT2D eigenvalue weighted by molar-refractivity contribution is 0.00960. The van der Waals surface area contributed by atoms with Gasteiger partial charge in [-0.15, -0.1) is 0 Å². The average Bonchev–Trinajstić information content (AvgIpc) is 2.94. The summed E-state index contributed by atoms with van der Waals surface area (Å²) in [6.07, 6.45) is 5.21. The smallest absolute Gasteiger partial charge is 0.128 e. The van der Waals surface area contributed by atoms with Gasteiger partial charge in [0.25, 0.3) is 0 Å². The van der Waals surface area contributed by atoms with Gasteiger partial charge in [-0.1, -0.05) is 26.7 Å². The molecule has 1 unspecified atom stereocenters. The van der Waals surface area contributed by atoms with E-state index in [4.69, 9.17) is 9.47 Å². The average molecular weight is 292 g/mol. The second kappa shape index (κ2) is 6.69. The Morgan fingerprint density at radius 3 is 2.33 bits per heavy atom. The van der Waals surface area contributed by atoms with Crippen molar-refractivity contribution in [2.45, 2.75) is 52.1 Å². The second-order valence-electron chi connectivity index (χ2n) is 6.68. The van der Waals surface area contributed by atoms with E-state index in [0.717, 1.165) is 36.3 Å². The van der Waals surface area contributed by atoms with Crippen LogP contribution in [0, 0.1) is 11.3 Å². The van der Waals surface area contributed by atoms with Crippen molar-refractivity contribution in [3.63, 3.8) is 0 Å². The largest absolute Gasteiger partial charge is 0.497 e. The van der Waals surface area contributed by atoms with Gasteiger partial charge < -0.3 is 14.6 Å². The van der Waals surface area contributed by atoms with Crippen LogP contribution in [0.5, 0.6) is 11.5 Å². The molecule has 3 nitrogen and oxygen atoms in total. The first-order valence-corrected chi connectivity index (χ1v) is 7.92. The van der Waals surface area contributed by atoms with Crippen molar-refractivity contribution < 1.29 is 14.6 Å². The Morgan fingerprint density at radius 2 is 1.81 bits per heavy atom. The molecule has 0 saturated heterocycles. The fourth-order valence-electron chi connectivity index (χ4n) is 3.86. The lowest BCUT2D eigenvalue weighted by Crippen LogP contribution is -2.28. The quantitative estimate of drug-likeness (QED) is 0.847. The molecule has 0 heterocycles. The fraction of sp³-hybridized carbons (Fsp3) is 0.667. The zero-order valence-corrected chi connectivity index (χ0v) is 13.7. The normalized spacial score (nSPS) is 18.8. The highest BCUT2D eigenvalue weighted by Gasteiger charge is 2.42. The maximum atomic E-state index is 11.1. The Bertz CT molecular complexity index is 462. The molecule has 0 bridgehead atoms. The highest BCUT2D eigenvalue weighted by Crippen LogP contribution is 2.53. The third-order valence-electron chi connectivity index (χ3n) is 4.73. The first kappa shape index (κ1) is 16.2. The van der Waals surface area contributed by atoms with Gasteiger partial charge in [0.1, 0.15) is 11.5 Å². The summed E-state index contributed by atoms with van der Waals surface area (Å²) < 4.78 is 10.7. The SMILES string of the molecule is COc1ccc(C(O)C2(CC(C)C)CCCC2)c(OC)c1. The number of aliphatic hydroxyl groups is 1. The predicted molar refractivity (Wildman–Crippen MR) is 84.9 cm³/mol. The molecule has 1 N–H and O–H groups in total. The molecule has 0 amide bonds. The molecule has 1 saturated carbocycles. The van der Waals surface area contributed by atoms with E-state index in [2.05, 4.69) is 13.8 Å². The summed E-state index contributed by atoms with van der Waals surface area (Å²) in [5, 5.41) is 11.1. The number of aliphatic hydroxyl groups excluding tert-OH is 1. The molecule has 0 spiro atoms. The van der Waals surface area contributed by atoms with E-state index < -0.39 is 6.10 Å². The Labute approximate surface area is 128 Å². The van der Waals surface area contributed by atoms with Crippen LogP contribution >= 0.6 is 0 Å². The third-order valence-corrected chi connectivity index (χ3v) is 4.73. The van der Waals surface area contributed by atoms with Crippen LogP contribution < -0.4 is 9.47 Å². The highest BCUT2D eigenvalue weighted by molar-refractivity contribution is 5.42. The van der Waals surface area contributed by atoms with Gasteiger partial charge in [0, 0.05) is 17.0 Å². The molecule has 0 radical (unpaired) electrons.